The van der Waals surface area contributed by atoms with Crippen LogP contribution in [0.1, 0.15) is 42.1 Å². The predicted octanol–water partition coefficient (Wildman–Crippen LogP) is 1.51. The molecule has 0 aliphatic carbocycles. The summed E-state index contributed by atoms with van der Waals surface area (Å²) in [5, 5.41) is 0. The Hall–Kier alpha value is -1.60. The number of nitrogens with two attached hydrogens (primary N) is 1. The van der Waals surface area contributed by atoms with Crippen molar-refractivity contribution < 1.29 is 13.2 Å². The first kappa shape index (κ1) is 17.7. The minimum atomic E-state index is -3.20. The van der Waals surface area contributed by atoms with E-state index in [0.29, 0.717) is 43.6 Å². The van der Waals surface area contributed by atoms with Crippen LogP contribution in [0.5, 0.6) is 0 Å². The highest BCUT2D eigenvalue weighted by atomic mass is 32.2. The van der Waals surface area contributed by atoms with Gasteiger partial charge in [0.25, 0.3) is 5.91 Å². The topological polar surface area (TPSA) is 92.5 Å². The molecule has 128 valence electrons. The van der Waals surface area contributed by atoms with Gasteiger partial charge in [-0.3, -0.25) is 4.79 Å². The van der Waals surface area contributed by atoms with Gasteiger partial charge in [0.1, 0.15) is 0 Å². The van der Waals surface area contributed by atoms with Crippen LogP contribution >= 0.6 is 0 Å². The lowest BCUT2D eigenvalue weighted by Gasteiger charge is -2.32. The van der Waals surface area contributed by atoms with E-state index < -0.39 is 10.0 Å². The minimum absolute atomic E-state index is 0.0373. The van der Waals surface area contributed by atoms with E-state index in [1.165, 1.54) is 0 Å². The summed E-state index contributed by atoms with van der Waals surface area (Å²) >= 11 is 0. The van der Waals surface area contributed by atoms with E-state index in [1.807, 2.05) is 19.9 Å². The summed E-state index contributed by atoms with van der Waals surface area (Å²) in [7, 11) is -3.20. The van der Waals surface area contributed by atoms with Crippen LogP contribution in [-0.2, 0) is 10.0 Å². The zero-order chi connectivity index (χ0) is 17.0. The molecular weight excluding hydrogens is 314 g/mol. The second-order valence-corrected chi connectivity index (χ2v) is 7.95. The first-order valence-corrected chi connectivity index (χ1v) is 9.63. The number of sulfonamides is 1. The second kappa shape index (κ2) is 7.31. The van der Waals surface area contributed by atoms with Crippen molar-refractivity contribution in [3.05, 3.63) is 29.3 Å². The van der Waals surface area contributed by atoms with E-state index in [0.717, 1.165) is 5.56 Å². The fraction of sp³-hybridized carbons (Fsp3) is 0.562. The summed E-state index contributed by atoms with van der Waals surface area (Å²) in [4.78, 5) is 14.4. The largest absolute Gasteiger partial charge is 0.399 e. The van der Waals surface area contributed by atoms with Crippen molar-refractivity contribution in [1.29, 1.82) is 0 Å². The Labute approximate surface area is 138 Å². The Morgan fingerprint density at radius 3 is 2.61 bits per heavy atom. The average molecular weight is 339 g/mol. The minimum Gasteiger partial charge on any atom is -0.399 e. The summed E-state index contributed by atoms with van der Waals surface area (Å²) in [5.74, 6) is 0.110. The molecule has 1 saturated heterocycles. The molecular formula is C16H25N3O3S. The van der Waals surface area contributed by atoms with E-state index in [9.17, 15) is 13.2 Å². The Balaban J connectivity index is 1.96. The van der Waals surface area contributed by atoms with Gasteiger partial charge in [-0.05, 0) is 43.9 Å². The lowest BCUT2D eigenvalue weighted by Crippen LogP contribution is -2.47. The molecule has 0 radical (unpaired) electrons. The van der Waals surface area contributed by atoms with Gasteiger partial charge < -0.3 is 10.6 Å². The number of nitrogens with zero attached hydrogens (tertiary/aromatic N) is 1. The number of piperidine rings is 1. The molecule has 1 aliphatic heterocycles. The standard InChI is InChI=1S/C16H25N3O3S/c1-3-10-23(21,22)18-14-6-8-19(9-7-14)16(20)15-11-13(17)5-4-12(15)2/h4-5,11,14,18H,3,6-10,17H2,1-2H3. The number of carbonyl (C=O) groups is 1. The fourth-order valence-electron chi connectivity index (χ4n) is 2.82. The zero-order valence-corrected chi connectivity index (χ0v) is 14.5. The number of hydrogen-bond acceptors (Lipinski definition) is 4. The third kappa shape index (κ3) is 4.68. The van der Waals surface area contributed by atoms with E-state index in [-0.39, 0.29) is 17.7 Å². The normalized spacial score (nSPS) is 16.5. The zero-order valence-electron chi connectivity index (χ0n) is 13.7. The van der Waals surface area contributed by atoms with E-state index in [1.54, 1.807) is 17.0 Å². The molecule has 1 aliphatic rings. The average Bonchev–Trinajstić information content (AvgIpc) is 2.49. The fourth-order valence-corrected chi connectivity index (χ4v) is 4.22. The van der Waals surface area contributed by atoms with Crippen LogP contribution in [0.15, 0.2) is 18.2 Å². The van der Waals surface area contributed by atoms with Crippen molar-refractivity contribution in [2.75, 3.05) is 24.6 Å². The molecule has 23 heavy (non-hydrogen) atoms. The molecule has 0 aromatic heterocycles. The maximum atomic E-state index is 12.6. The SMILES string of the molecule is CCCS(=O)(=O)NC1CCN(C(=O)c2cc(N)ccc2C)CC1. The van der Waals surface area contributed by atoms with Crippen LogP contribution in [0, 0.1) is 6.92 Å². The van der Waals surface area contributed by atoms with Gasteiger partial charge in [0, 0.05) is 30.4 Å². The maximum Gasteiger partial charge on any atom is 0.254 e. The maximum absolute atomic E-state index is 12.6. The molecule has 1 amide bonds. The van der Waals surface area contributed by atoms with Gasteiger partial charge in [-0.15, -0.1) is 0 Å². The van der Waals surface area contributed by atoms with Gasteiger partial charge in [0.2, 0.25) is 10.0 Å². The summed E-state index contributed by atoms with van der Waals surface area (Å²) in [6, 6.07) is 5.24. The van der Waals surface area contributed by atoms with Gasteiger partial charge >= 0.3 is 0 Å². The number of hydrogen-bond donors (Lipinski definition) is 2. The summed E-state index contributed by atoms with van der Waals surface area (Å²) < 4.78 is 26.4. The molecule has 3 N–H and O–H groups in total. The first-order valence-electron chi connectivity index (χ1n) is 7.98. The van der Waals surface area contributed by atoms with Crippen molar-refractivity contribution in [2.45, 2.75) is 39.2 Å². The number of likely N-dealkylation sites (tertiary alicyclic amines) is 1. The number of amides is 1. The second-order valence-electron chi connectivity index (χ2n) is 6.08. The number of nitrogen functional groups attached to an aromatic ring is 1. The molecule has 0 atom stereocenters. The van der Waals surface area contributed by atoms with Crippen molar-refractivity contribution in [3.8, 4) is 0 Å². The highest BCUT2D eigenvalue weighted by Crippen LogP contribution is 2.19. The third-order valence-corrected chi connectivity index (χ3v) is 5.73. The monoisotopic (exact) mass is 339 g/mol. The molecule has 0 spiro atoms. The van der Waals surface area contributed by atoms with Crippen LogP contribution in [0.25, 0.3) is 0 Å². The molecule has 1 heterocycles. The van der Waals surface area contributed by atoms with Gasteiger partial charge in [0.05, 0.1) is 5.75 Å². The van der Waals surface area contributed by atoms with Gasteiger partial charge in [-0.1, -0.05) is 13.0 Å². The molecule has 1 fully saturated rings. The van der Waals surface area contributed by atoms with Crippen molar-refractivity contribution in [3.63, 3.8) is 0 Å². The summed E-state index contributed by atoms with van der Waals surface area (Å²) in [6.07, 6.45) is 1.87. The van der Waals surface area contributed by atoms with Crippen molar-refractivity contribution in [1.82, 2.24) is 9.62 Å². The van der Waals surface area contributed by atoms with Crippen LogP contribution in [0.4, 0.5) is 5.69 Å². The van der Waals surface area contributed by atoms with Gasteiger partial charge in [0.15, 0.2) is 0 Å². The third-order valence-electron chi connectivity index (χ3n) is 4.09. The number of nitrogens with one attached hydrogen (secondary N) is 1. The molecule has 6 nitrogen and oxygen atoms in total. The molecule has 0 saturated carbocycles. The highest BCUT2D eigenvalue weighted by molar-refractivity contribution is 7.89. The number of benzene rings is 1. The Morgan fingerprint density at radius 1 is 1.35 bits per heavy atom. The van der Waals surface area contributed by atoms with Crippen LogP contribution in [0.2, 0.25) is 0 Å². The van der Waals surface area contributed by atoms with E-state index in [2.05, 4.69) is 4.72 Å². The molecule has 7 heteroatoms. The van der Waals surface area contributed by atoms with Crippen LogP contribution < -0.4 is 10.5 Å². The Kier molecular flexibility index (Phi) is 5.64. The van der Waals surface area contributed by atoms with Crippen molar-refractivity contribution >= 4 is 21.6 Å². The molecule has 2 rings (SSSR count). The van der Waals surface area contributed by atoms with Gasteiger partial charge in [-0.25, -0.2) is 13.1 Å². The van der Waals surface area contributed by atoms with Crippen LogP contribution in [0.3, 0.4) is 0 Å². The summed E-state index contributed by atoms with van der Waals surface area (Å²) in [6.45, 7) is 4.82. The molecule has 0 unspecified atom stereocenters. The Morgan fingerprint density at radius 2 is 2.00 bits per heavy atom. The van der Waals surface area contributed by atoms with Crippen LogP contribution in [-0.4, -0.2) is 44.1 Å². The van der Waals surface area contributed by atoms with Crippen molar-refractivity contribution in [2.24, 2.45) is 0 Å². The first-order chi connectivity index (χ1) is 10.8. The van der Waals surface area contributed by atoms with E-state index >= 15 is 0 Å². The van der Waals surface area contributed by atoms with Gasteiger partial charge in [-0.2, -0.15) is 0 Å². The van der Waals surface area contributed by atoms with E-state index in [4.69, 9.17) is 5.73 Å². The lowest BCUT2D eigenvalue weighted by atomic mass is 10.0. The summed E-state index contributed by atoms with van der Waals surface area (Å²) in [5.41, 5.74) is 7.86. The smallest absolute Gasteiger partial charge is 0.254 e. The molecule has 1 aromatic rings. The number of rotatable bonds is 5. The number of aryl methyl sites for hydroxylation is 1. The molecule has 0 bridgehead atoms. The highest BCUT2D eigenvalue weighted by Gasteiger charge is 2.26. The predicted molar refractivity (Wildman–Crippen MR) is 91.7 cm³/mol. The Bertz CT molecular complexity index is 665. The molecule has 1 aromatic carbocycles. The number of carbonyl (C=O) groups excluding carboxylic acids is 1. The quantitative estimate of drug-likeness (QED) is 0.795. The lowest BCUT2D eigenvalue weighted by molar-refractivity contribution is 0.0710. The number of anilines is 1.